The number of nitrogens with one attached hydrogen (secondary N) is 1. The molecule has 2 rings (SSSR count). The first-order valence-corrected chi connectivity index (χ1v) is 6.76. The lowest BCUT2D eigenvalue weighted by atomic mass is 10.0. The first kappa shape index (κ1) is 15.6. The average molecular weight is 315 g/mol. The van der Waals surface area contributed by atoms with E-state index in [0.29, 0.717) is 0 Å². The van der Waals surface area contributed by atoms with Crippen molar-refractivity contribution in [1.82, 2.24) is 4.98 Å². The molecule has 0 spiro atoms. The Balaban J connectivity index is 2.39. The van der Waals surface area contributed by atoms with Crippen molar-refractivity contribution in [2.24, 2.45) is 0 Å². The van der Waals surface area contributed by atoms with Crippen LogP contribution in [0, 0.1) is 0 Å². The summed E-state index contributed by atoms with van der Waals surface area (Å²) in [6.07, 6.45) is -4.46. The lowest BCUT2D eigenvalue weighted by molar-refractivity contribution is -0.137. The van der Waals surface area contributed by atoms with Gasteiger partial charge >= 0.3 is 6.18 Å². The third-order valence-corrected chi connectivity index (χ3v) is 3.16. The number of aromatic nitrogens is 1. The third-order valence-electron chi connectivity index (χ3n) is 2.97. The Bertz CT molecular complexity index is 639. The van der Waals surface area contributed by atoms with E-state index in [1.165, 1.54) is 0 Å². The van der Waals surface area contributed by atoms with Crippen molar-refractivity contribution < 1.29 is 13.2 Å². The molecule has 1 aromatic carbocycles. The number of rotatable bonds is 3. The summed E-state index contributed by atoms with van der Waals surface area (Å²) in [5.74, 6) is 0.304. The minimum atomic E-state index is -4.46. The van der Waals surface area contributed by atoms with Crippen LogP contribution in [0.3, 0.4) is 0 Å². The molecule has 2 aromatic rings. The van der Waals surface area contributed by atoms with E-state index in [4.69, 9.17) is 11.6 Å². The van der Waals surface area contributed by atoms with Crippen molar-refractivity contribution in [2.75, 3.05) is 5.32 Å². The summed E-state index contributed by atoms with van der Waals surface area (Å²) in [6, 6.07) is 9.16. The molecule has 0 aliphatic carbocycles. The molecule has 21 heavy (non-hydrogen) atoms. The highest BCUT2D eigenvalue weighted by Gasteiger charge is 2.31. The Morgan fingerprint density at radius 2 is 1.81 bits per heavy atom. The largest absolute Gasteiger partial charge is 0.416 e. The van der Waals surface area contributed by atoms with Gasteiger partial charge in [-0.05, 0) is 29.7 Å². The highest BCUT2D eigenvalue weighted by Crippen LogP contribution is 2.33. The van der Waals surface area contributed by atoms with Gasteiger partial charge in [0, 0.05) is 5.69 Å². The van der Waals surface area contributed by atoms with Crippen LogP contribution in [0.25, 0.3) is 0 Å². The van der Waals surface area contributed by atoms with Crippen molar-refractivity contribution in [3.05, 3.63) is 52.7 Å². The number of halogens is 4. The molecule has 0 bridgehead atoms. The molecule has 112 valence electrons. The third kappa shape index (κ3) is 3.88. The Kier molecular flexibility index (Phi) is 4.42. The highest BCUT2D eigenvalue weighted by molar-refractivity contribution is 6.29. The molecule has 0 saturated carbocycles. The van der Waals surface area contributed by atoms with Gasteiger partial charge in [0.2, 0.25) is 0 Å². The molecule has 0 unspecified atom stereocenters. The topological polar surface area (TPSA) is 24.9 Å². The van der Waals surface area contributed by atoms with Crippen molar-refractivity contribution in [2.45, 2.75) is 25.9 Å². The van der Waals surface area contributed by atoms with Crippen molar-refractivity contribution in [1.29, 1.82) is 0 Å². The van der Waals surface area contributed by atoms with Crippen LogP contribution in [-0.4, -0.2) is 4.98 Å². The zero-order valence-electron chi connectivity index (χ0n) is 11.5. The van der Waals surface area contributed by atoms with E-state index >= 15 is 0 Å². The summed E-state index contributed by atoms with van der Waals surface area (Å²) in [5.41, 5.74) is 0.884. The zero-order valence-corrected chi connectivity index (χ0v) is 12.3. The van der Waals surface area contributed by atoms with Gasteiger partial charge in [-0.3, -0.25) is 0 Å². The summed E-state index contributed by atoms with van der Waals surface area (Å²) < 4.78 is 38.3. The molecule has 1 heterocycles. The van der Waals surface area contributed by atoms with Crippen LogP contribution in [0.15, 0.2) is 36.4 Å². The van der Waals surface area contributed by atoms with Crippen molar-refractivity contribution in [3.63, 3.8) is 0 Å². The molecule has 1 N–H and O–H groups in total. The van der Waals surface area contributed by atoms with E-state index in [-0.39, 0.29) is 16.9 Å². The molecular formula is C15H14ClF3N2. The molecule has 2 nitrogen and oxygen atoms in total. The first-order chi connectivity index (χ1) is 9.77. The van der Waals surface area contributed by atoms with Gasteiger partial charge in [-0.2, -0.15) is 13.2 Å². The second-order valence-corrected chi connectivity index (χ2v) is 5.32. The van der Waals surface area contributed by atoms with Gasteiger partial charge in [0.25, 0.3) is 0 Å². The molecule has 0 aliphatic rings. The van der Waals surface area contributed by atoms with E-state index in [2.05, 4.69) is 10.3 Å². The fourth-order valence-corrected chi connectivity index (χ4v) is 2.19. The lowest BCUT2D eigenvalue weighted by Gasteiger charge is -2.15. The van der Waals surface area contributed by atoms with Crippen LogP contribution >= 0.6 is 11.6 Å². The Morgan fingerprint density at radius 3 is 2.43 bits per heavy atom. The van der Waals surface area contributed by atoms with E-state index < -0.39 is 11.7 Å². The number of pyridine rings is 1. The van der Waals surface area contributed by atoms with Gasteiger partial charge in [0.05, 0.1) is 5.56 Å². The van der Waals surface area contributed by atoms with Crippen molar-refractivity contribution in [3.8, 4) is 0 Å². The summed E-state index contributed by atoms with van der Waals surface area (Å²) in [4.78, 5) is 3.90. The molecular weight excluding hydrogens is 301 g/mol. The van der Waals surface area contributed by atoms with Crippen molar-refractivity contribution >= 4 is 23.1 Å². The average Bonchev–Trinajstić information content (AvgIpc) is 2.37. The first-order valence-electron chi connectivity index (χ1n) is 6.38. The predicted molar refractivity (Wildman–Crippen MR) is 78.1 cm³/mol. The maximum Gasteiger partial charge on any atom is 0.416 e. The smallest absolute Gasteiger partial charge is 0.340 e. The Labute approximate surface area is 126 Å². The predicted octanol–water partition coefficient (Wildman–Crippen LogP) is 5.62. The number of benzene rings is 1. The van der Waals surface area contributed by atoms with Gasteiger partial charge in [-0.25, -0.2) is 4.98 Å². The number of hydrogen-bond acceptors (Lipinski definition) is 2. The van der Waals surface area contributed by atoms with Gasteiger partial charge < -0.3 is 5.32 Å². The van der Waals surface area contributed by atoms with E-state index in [9.17, 15) is 13.2 Å². The quantitative estimate of drug-likeness (QED) is 0.744. The number of nitrogens with zero attached hydrogens (tertiary/aromatic N) is 1. The van der Waals surface area contributed by atoms with Gasteiger partial charge in [0.15, 0.2) is 0 Å². The fourth-order valence-electron chi connectivity index (χ4n) is 1.98. The second-order valence-electron chi connectivity index (χ2n) is 4.93. The van der Waals surface area contributed by atoms with Gasteiger partial charge in [-0.15, -0.1) is 0 Å². The standard InChI is InChI=1S/C15H14ClF3N2/c1-9(2)11-5-3-4-6-12(11)20-14-8-10(15(17,18)19)7-13(16)21-14/h3-9H,1-2H3,(H,20,21). The number of alkyl halides is 3. The Morgan fingerprint density at radius 1 is 1.14 bits per heavy atom. The monoisotopic (exact) mass is 314 g/mol. The van der Waals surface area contributed by atoms with Crippen LogP contribution < -0.4 is 5.32 Å². The van der Waals surface area contributed by atoms with Crippen LogP contribution in [0.1, 0.15) is 30.9 Å². The Hall–Kier alpha value is -1.75. The van der Waals surface area contributed by atoms with Gasteiger partial charge in [-0.1, -0.05) is 43.6 Å². The van der Waals surface area contributed by atoms with Crippen LogP contribution in [0.4, 0.5) is 24.7 Å². The van der Waals surface area contributed by atoms with E-state index in [1.807, 2.05) is 32.0 Å². The number of hydrogen-bond donors (Lipinski definition) is 1. The molecule has 0 saturated heterocycles. The van der Waals surface area contributed by atoms with Crippen LogP contribution in [0.5, 0.6) is 0 Å². The molecule has 6 heteroatoms. The summed E-state index contributed by atoms with van der Waals surface area (Å²) >= 11 is 5.67. The summed E-state index contributed by atoms with van der Waals surface area (Å²) in [5, 5.41) is 2.71. The number of para-hydroxylation sites is 1. The molecule has 0 fully saturated rings. The molecule has 0 amide bonds. The molecule has 0 aliphatic heterocycles. The van der Waals surface area contributed by atoms with E-state index in [0.717, 1.165) is 23.4 Å². The van der Waals surface area contributed by atoms with Gasteiger partial charge in [0.1, 0.15) is 11.0 Å². The molecule has 0 radical (unpaired) electrons. The fraction of sp³-hybridized carbons (Fsp3) is 0.267. The summed E-state index contributed by atoms with van der Waals surface area (Å²) in [6.45, 7) is 4.01. The van der Waals surface area contributed by atoms with Crippen LogP contribution in [0.2, 0.25) is 5.15 Å². The SMILES string of the molecule is CC(C)c1ccccc1Nc1cc(C(F)(F)F)cc(Cl)n1. The minimum absolute atomic E-state index is 0.0722. The maximum absolute atomic E-state index is 12.8. The zero-order chi connectivity index (χ0) is 15.6. The lowest BCUT2D eigenvalue weighted by Crippen LogP contribution is -2.07. The second kappa shape index (κ2) is 5.93. The molecule has 1 aromatic heterocycles. The highest BCUT2D eigenvalue weighted by atomic mass is 35.5. The summed E-state index contributed by atoms with van der Waals surface area (Å²) in [7, 11) is 0. The number of anilines is 2. The molecule has 0 atom stereocenters. The normalized spacial score (nSPS) is 11.8. The van der Waals surface area contributed by atoms with E-state index in [1.54, 1.807) is 6.07 Å². The maximum atomic E-state index is 12.8. The van der Waals surface area contributed by atoms with Crippen LogP contribution in [-0.2, 0) is 6.18 Å². The minimum Gasteiger partial charge on any atom is -0.340 e.